The summed E-state index contributed by atoms with van der Waals surface area (Å²) in [5.74, 6) is 1.47. The standard InChI is InChI=1S/C21H24N4O3S/c1-3-28-18-11-9-16(10-12-18)22-20(27)14-29-21-24-23-19(13-15(2)26)25(21)17-7-5-4-6-8-17/h4-12,15,26H,3,13-14H2,1-2H3,(H,22,27)/t15-/m0/s1. The fraction of sp³-hybridized carbons (Fsp3) is 0.286. The molecule has 0 bridgehead atoms. The molecule has 7 nitrogen and oxygen atoms in total. The Kier molecular flexibility index (Phi) is 7.26. The van der Waals surface area contributed by atoms with Crippen LogP contribution >= 0.6 is 11.8 Å². The molecular weight excluding hydrogens is 388 g/mol. The van der Waals surface area contributed by atoms with Crippen molar-refractivity contribution in [3.05, 3.63) is 60.4 Å². The van der Waals surface area contributed by atoms with Gasteiger partial charge >= 0.3 is 0 Å². The zero-order valence-corrected chi connectivity index (χ0v) is 17.2. The fourth-order valence-electron chi connectivity index (χ4n) is 2.75. The van der Waals surface area contributed by atoms with Crippen LogP contribution in [0.1, 0.15) is 19.7 Å². The molecule has 2 aromatic carbocycles. The van der Waals surface area contributed by atoms with Gasteiger partial charge in [-0.2, -0.15) is 0 Å². The van der Waals surface area contributed by atoms with Crippen LogP contribution in [-0.2, 0) is 11.2 Å². The van der Waals surface area contributed by atoms with E-state index in [2.05, 4.69) is 15.5 Å². The number of anilines is 1. The summed E-state index contributed by atoms with van der Waals surface area (Å²) < 4.78 is 7.28. The Morgan fingerprint density at radius 3 is 2.55 bits per heavy atom. The molecule has 1 atom stereocenters. The van der Waals surface area contributed by atoms with Crippen molar-refractivity contribution in [2.75, 3.05) is 17.7 Å². The van der Waals surface area contributed by atoms with Gasteiger partial charge < -0.3 is 15.2 Å². The third kappa shape index (κ3) is 5.82. The van der Waals surface area contributed by atoms with E-state index in [1.165, 1.54) is 11.8 Å². The van der Waals surface area contributed by atoms with Gasteiger partial charge in [0.25, 0.3) is 0 Å². The average Bonchev–Trinajstić information content (AvgIpc) is 3.10. The zero-order valence-electron chi connectivity index (χ0n) is 16.4. The Balaban J connectivity index is 1.68. The van der Waals surface area contributed by atoms with E-state index in [4.69, 9.17) is 4.74 Å². The first-order valence-electron chi connectivity index (χ1n) is 9.40. The van der Waals surface area contributed by atoms with Crippen molar-refractivity contribution in [3.8, 4) is 11.4 Å². The number of thioether (sulfide) groups is 1. The number of aliphatic hydroxyl groups is 1. The summed E-state index contributed by atoms with van der Waals surface area (Å²) in [6, 6.07) is 16.9. The summed E-state index contributed by atoms with van der Waals surface area (Å²) >= 11 is 1.30. The molecule has 1 aromatic heterocycles. The number of para-hydroxylation sites is 1. The highest BCUT2D eigenvalue weighted by Crippen LogP contribution is 2.23. The van der Waals surface area contributed by atoms with Crippen molar-refractivity contribution >= 4 is 23.4 Å². The van der Waals surface area contributed by atoms with Gasteiger partial charge in [0, 0.05) is 17.8 Å². The van der Waals surface area contributed by atoms with E-state index in [1.54, 1.807) is 19.1 Å². The van der Waals surface area contributed by atoms with Gasteiger partial charge in [-0.25, -0.2) is 0 Å². The van der Waals surface area contributed by atoms with Gasteiger partial charge in [0.2, 0.25) is 5.91 Å². The molecule has 0 unspecified atom stereocenters. The molecule has 0 aliphatic rings. The first-order valence-corrected chi connectivity index (χ1v) is 10.4. The van der Waals surface area contributed by atoms with Crippen LogP contribution in [0.5, 0.6) is 5.75 Å². The van der Waals surface area contributed by atoms with E-state index in [-0.39, 0.29) is 11.7 Å². The number of hydrogen-bond acceptors (Lipinski definition) is 6. The summed E-state index contributed by atoms with van der Waals surface area (Å²) in [7, 11) is 0. The maximum absolute atomic E-state index is 12.4. The minimum absolute atomic E-state index is 0.140. The Hall–Kier alpha value is -2.84. The largest absolute Gasteiger partial charge is 0.494 e. The van der Waals surface area contributed by atoms with Crippen molar-refractivity contribution in [2.24, 2.45) is 0 Å². The van der Waals surface area contributed by atoms with Crippen LogP contribution in [0.3, 0.4) is 0 Å². The zero-order chi connectivity index (χ0) is 20.6. The van der Waals surface area contributed by atoms with Crippen LogP contribution in [0.25, 0.3) is 5.69 Å². The molecule has 3 rings (SSSR count). The van der Waals surface area contributed by atoms with Crippen molar-refractivity contribution in [2.45, 2.75) is 31.5 Å². The summed E-state index contributed by atoms with van der Waals surface area (Å²) in [5, 5.41) is 21.7. The molecule has 0 aliphatic carbocycles. The van der Waals surface area contributed by atoms with Gasteiger partial charge in [-0.1, -0.05) is 30.0 Å². The number of carbonyl (C=O) groups is 1. The number of ether oxygens (including phenoxy) is 1. The van der Waals surface area contributed by atoms with E-state index in [0.29, 0.717) is 29.7 Å². The number of aromatic nitrogens is 3. The normalized spacial score (nSPS) is 11.8. The molecule has 1 amide bonds. The van der Waals surface area contributed by atoms with Gasteiger partial charge in [0.1, 0.15) is 11.6 Å². The number of nitrogens with one attached hydrogen (secondary N) is 1. The van der Waals surface area contributed by atoms with E-state index >= 15 is 0 Å². The van der Waals surface area contributed by atoms with Gasteiger partial charge in [-0.3, -0.25) is 9.36 Å². The number of hydrogen-bond donors (Lipinski definition) is 2. The van der Waals surface area contributed by atoms with Gasteiger partial charge in [-0.15, -0.1) is 10.2 Å². The topological polar surface area (TPSA) is 89.3 Å². The Morgan fingerprint density at radius 2 is 1.90 bits per heavy atom. The second-order valence-corrected chi connectivity index (χ2v) is 7.36. The molecule has 0 saturated heterocycles. The van der Waals surface area contributed by atoms with Crippen molar-refractivity contribution < 1.29 is 14.6 Å². The minimum atomic E-state index is -0.539. The smallest absolute Gasteiger partial charge is 0.234 e. The second kappa shape index (κ2) is 10.1. The molecule has 0 saturated carbocycles. The van der Waals surface area contributed by atoms with E-state index in [0.717, 1.165) is 11.4 Å². The predicted molar refractivity (Wildman–Crippen MR) is 114 cm³/mol. The predicted octanol–water partition coefficient (Wildman–Crippen LogP) is 3.32. The van der Waals surface area contributed by atoms with Crippen LogP contribution < -0.4 is 10.1 Å². The number of benzene rings is 2. The fourth-order valence-corrected chi connectivity index (χ4v) is 3.53. The lowest BCUT2D eigenvalue weighted by atomic mass is 10.2. The molecule has 152 valence electrons. The molecule has 0 fully saturated rings. The number of rotatable bonds is 9. The SMILES string of the molecule is CCOc1ccc(NC(=O)CSc2nnc(C[C@H](C)O)n2-c2ccccc2)cc1. The Morgan fingerprint density at radius 1 is 1.17 bits per heavy atom. The number of carbonyl (C=O) groups excluding carboxylic acids is 1. The molecule has 29 heavy (non-hydrogen) atoms. The van der Waals surface area contributed by atoms with E-state index in [1.807, 2.05) is 54.0 Å². The molecular formula is C21H24N4O3S. The Labute approximate surface area is 174 Å². The van der Waals surface area contributed by atoms with Gasteiger partial charge in [0.05, 0.1) is 18.5 Å². The van der Waals surface area contributed by atoms with Crippen molar-refractivity contribution in [1.82, 2.24) is 14.8 Å². The van der Waals surface area contributed by atoms with Crippen molar-refractivity contribution in [3.63, 3.8) is 0 Å². The number of amides is 1. The highest BCUT2D eigenvalue weighted by Gasteiger charge is 2.17. The quantitative estimate of drug-likeness (QED) is 0.524. The molecule has 0 spiro atoms. The first-order chi connectivity index (χ1) is 14.1. The monoisotopic (exact) mass is 412 g/mol. The number of nitrogens with zero attached hydrogens (tertiary/aromatic N) is 3. The maximum Gasteiger partial charge on any atom is 0.234 e. The molecule has 1 heterocycles. The van der Waals surface area contributed by atoms with Gasteiger partial charge in [0.15, 0.2) is 5.16 Å². The third-order valence-corrected chi connectivity index (χ3v) is 4.90. The lowest BCUT2D eigenvalue weighted by Crippen LogP contribution is -2.15. The highest BCUT2D eigenvalue weighted by atomic mass is 32.2. The third-order valence-electron chi connectivity index (χ3n) is 3.97. The van der Waals surface area contributed by atoms with E-state index < -0.39 is 6.10 Å². The van der Waals surface area contributed by atoms with Crippen LogP contribution in [-0.4, -0.2) is 44.2 Å². The van der Waals surface area contributed by atoms with Gasteiger partial charge in [-0.05, 0) is 50.2 Å². The summed E-state index contributed by atoms with van der Waals surface area (Å²) in [5.41, 5.74) is 1.60. The molecule has 2 N–H and O–H groups in total. The molecule has 3 aromatic rings. The lowest BCUT2D eigenvalue weighted by molar-refractivity contribution is -0.113. The summed E-state index contributed by atoms with van der Waals surface area (Å²) in [4.78, 5) is 12.4. The van der Waals surface area contributed by atoms with Crippen LogP contribution in [0.15, 0.2) is 59.8 Å². The maximum atomic E-state index is 12.4. The summed E-state index contributed by atoms with van der Waals surface area (Å²) in [6.07, 6.45) is -0.164. The van der Waals surface area contributed by atoms with Crippen LogP contribution in [0.2, 0.25) is 0 Å². The second-order valence-electron chi connectivity index (χ2n) is 6.42. The first kappa shape index (κ1) is 20.9. The van der Waals surface area contributed by atoms with Crippen LogP contribution in [0.4, 0.5) is 5.69 Å². The van der Waals surface area contributed by atoms with Crippen LogP contribution in [0, 0.1) is 0 Å². The van der Waals surface area contributed by atoms with E-state index in [9.17, 15) is 9.90 Å². The average molecular weight is 413 g/mol. The Bertz CT molecular complexity index is 927. The summed E-state index contributed by atoms with van der Waals surface area (Å²) in [6.45, 7) is 4.23. The lowest BCUT2D eigenvalue weighted by Gasteiger charge is -2.11. The minimum Gasteiger partial charge on any atom is -0.494 e. The molecule has 8 heteroatoms. The highest BCUT2D eigenvalue weighted by molar-refractivity contribution is 7.99. The van der Waals surface area contributed by atoms with Crippen molar-refractivity contribution in [1.29, 1.82) is 0 Å². The molecule has 0 radical (unpaired) electrons. The molecule has 0 aliphatic heterocycles. The number of aliphatic hydroxyl groups excluding tert-OH is 1.